The molecule has 0 saturated heterocycles. The lowest BCUT2D eigenvalue weighted by Crippen LogP contribution is -2.24. The highest BCUT2D eigenvalue weighted by Crippen LogP contribution is 2.47. The number of aromatic nitrogens is 4. The average Bonchev–Trinajstić information content (AvgIpc) is 3.42. The first-order valence-corrected chi connectivity index (χ1v) is 11.3. The first-order valence-electron chi connectivity index (χ1n) is 11.3. The van der Waals surface area contributed by atoms with Crippen molar-refractivity contribution in [1.29, 1.82) is 0 Å². The third-order valence-electron chi connectivity index (χ3n) is 6.44. The maximum Gasteiger partial charge on any atom is 0.251 e. The Hall–Kier alpha value is -4.20. The molecule has 170 valence electrons. The summed E-state index contributed by atoms with van der Waals surface area (Å²) in [7, 11) is 3.73. The second-order valence-corrected chi connectivity index (χ2v) is 8.71. The fourth-order valence-electron chi connectivity index (χ4n) is 4.57. The van der Waals surface area contributed by atoms with Gasteiger partial charge in [-0.25, -0.2) is 9.97 Å². The van der Waals surface area contributed by atoms with Gasteiger partial charge in [-0.05, 0) is 35.6 Å². The Labute approximate surface area is 196 Å². The molecule has 1 amide bonds. The summed E-state index contributed by atoms with van der Waals surface area (Å²) in [4.78, 5) is 26.4. The zero-order valence-electron chi connectivity index (χ0n) is 18.9. The minimum absolute atomic E-state index is 0.0522. The highest BCUT2D eigenvalue weighted by atomic mass is 16.4. The largest absolute Gasteiger partial charge is 0.418 e. The Bertz CT molecular complexity index is 1520. The number of carbonyl (C=O) groups excluding carboxylic acids is 1. The Morgan fingerprint density at radius 1 is 1.12 bits per heavy atom. The third kappa shape index (κ3) is 3.48. The second kappa shape index (κ2) is 7.98. The van der Waals surface area contributed by atoms with Crippen molar-refractivity contribution in [2.75, 3.05) is 12.4 Å². The van der Waals surface area contributed by atoms with Gasteiger partial charge in [0.15, 0.2) is 11.3 Å². The predicted octanol–water partition coefficient (Wildman–Crippen LogP) is 4.24. The van der Waals surface area contributed by atoms with E-state index >= 15 is 0 Å². The molecule has 2 unspecified atom stereocenters. The van der Waals surface area contributed by atoms with E-state index in [1.54, 1.807) is 13.4 Å². The number of imidazole rings is 1. The van der Waals surface area contributed by atoms with E-state index < -0.39 is 0 Å². The van der Waals surface area contributed by atoms with Crippen LogP contribution in [-0.4, -0.2) is 32.5 Å². The van der Waals surface area contributed by atoms with E-state index in [1.807, 2.05) is 54.1 Å². The first-order chi connectivity index (χ1) is 16.6. The van der Waals surface area contributed by atoms with Crippen LogP contribution in [-0.2, 0) is 18.4 Å². The Morgan fingerprint density at radius 3 is 2.79 bits per heavy atom. The predicted molar refractivity (Wildman–Crippen MR) is 130 cm³/mol. The van der Waals surface area contributed by atoms with Crippen molar-refractivity contribution in [2.24, 2.45) is 13.0 Å². The molecule has 0 aliphatic heterocycles. The molecule has 1 fully saturated rings. The van der Waals surface area contributed by atoms with Crippen molar-refractivity contribution < 1.29 is 9.21 Å². The van der Waals surface area contributed by atoms with Crippen molar-refractivity contribution in [3.63, 3.8) is 0 Å². The molecule has 8 heteroatoms. The van der Waals surface area contributed by atoms with E-state index in [4.69, 9.17) is 9.40 Å². The molecule has 1 aliphatic rings. The number of nitrogens with one attached hydrogen (secondary N) is 2. The smallest absolute Gasteiger partial charge is 0.251 e. The van der Waals surface area contributed by atoms with Gasteiger partial charge in [-0.1, -0.05) is 42.5 Å². The van der Waals surface area contributed by atoms with Crippen LogP contribution in [0.1, 0.15) is 23.5 Å². The van der Waals surface area contributed by atoms with Gasteiger partial charge >= 0.3 is 0 Å². The number of amides is 1. The minimum atomic E-state index is 0.0522. The molecule has 3 aromatic heterocycles. The summed E-state index contributed by atoms with van der Waals surface area (Å²) in [6.07, 6.45) is 2.65. The van der Waals surface area contributed by atoms with Gasteiger partial charge in [-0.2, -0.15) is 4.98 Å². The molecule has 34 heavy (non-hydrogen) atoms. The number of anilines is 1. The van der Waals surface area contributed by atoms with Crippen LogP contribution in [0.4, 0.5) is 5.82 Å². The lowest BCUT2D eigenvalue weighted by Gasteiger charge is -2.06. The van der Waals surface area contributed by atoms with Crippen LogP contribution in [0.2, 0.25) is 0 Å². The molecule has 0 radical (unpaired) electrons. The topological polar surface area (TPSA) is 97.9 Å². The van der Waals surface area contributed by atoms with Crippen LogP contribution >= 0.6 is 0 Å². The molecule has 1 saturated carbocycles. The molecular weight excluding hydrogens is 428 g/mol. The summed E-state index contributed by atoms with van der Waals surface area (Å²) >= 11 is 0. The van der Waals surface area contributed by atoms with Crippen molar-refractivity contribution >= 4 is 34.0 Å². The number of oxazole rings is 1. The van der Waals surface area contributed by atoms with Crippen LogP contribution in [0.15, 0.2) is 65.3 Å². The molecular formula is C26H24N6O2. The van der Waals surface area contributed by atoms with E-state index in [0.717, 1.165) is 28.6 Å². The van der Waals surface area contributed by atoms with Gasteiger partial charge in [0, 0.05) is 32.1 Å². The fourth-order valence-corrected chi connectivity index (χ4v) is 4.57. The number of hydrogen-bond donors (Lipinski definition) is 2. The van der Waals surface area contributed by atoms with Crippen LogP contribution < -0.4 is 10.6 Å². The second-order valence-electron chi connectivity index (χ2n) is 8.71. The van der Waals surface area contributed by atoms with Crippen molar-refractivity contribution in [3.05, 3.63) is 72.1 Å². The highest BCUT2D eigenvalue weighted by Gasteiger charge is 2.43. The molecule has 2 atom stereocenters. The molecule has 0 bridgehead atoms. The molecule has 3 heterocycles. The quantitative estimate of drug-likeness (QED) is 0.400. The number of benzene rings is 2. The van der Waals surface area contributed by atoms with Crippen LogP contribution in [0.5, 0.6) is 0 Å². The fraction of sp³-hybridized carbons (Fsp3) is 0.231. The highest BCUT2D eigenvalue weighted by molar-refractivity contribution is 6.03. The van der Waals surface area contributed by atoms with Gasteiger partial charge in [0.1, 0.15) is 11.0 Å². The molecule has 2 aromatic carbocycles. The zero-order valence-corrected chi connectivity index (χ0v) is 18.9. The van der Waals surface area contributed by atoms with E-state index in [9.17, 15) is 4.79 Å². The summed E-state index contributed by atoms with van der Waals surface area (Å²) in [5.74, 6) is 1.61. The number of hydrogen-bond acceptors (Lipinski definition) is 6. The summed E-state index contributed by atoms with van der Waals surface area (Å²) < 4.78 is 7.95. The van der Waals surface area contributed by atoms with Crippen LogP contribution in [0.3, 0.4) is 0 Å². The summed E-state index contributed by atoms with van der Waals surface area (Å²) in [5, 5.41) is 6.16. The molecule has 0 spiro atoms. The van der Waals surface area contributed by atoms with Crippen molar-refractivity contribution in [3.8, 4) is 11.5 Å². The van der Waals surface area contributed by atoms with E-state index in [-0.39, 0.29) is 11.8 Å². The number of nitrogens with zero attached hydrogens (tertiary/aromatic N) is 4. The lowest BCUT2D eigenvalue weighted by atomic mass is 10.1. The van der Waals surface area contributed by atoms with Crippen molar-refractivity contribution in [2.45, 2.75) is 18.9 Å². The van der Waals surface area contributed by atoms with Crippen LogP contribution in [0.25, 0.3) is 33.7 Å². The Morgan fingerprint density at radius 2 is 1.97 bits per heavy atom. The first kappa shape index (κ1) is 20.4. The molecule has 1 aliphatic carbocycles. The summed E-state index contributed by atoms with van der Waals surface area (Å²) in [6, 6.07) is 18.1. The van der Waals surface area contributed by atoms with E-state index in [0.29, 0.717) is 35.4 Å². The third-order valence-corrected chi connectivity index (χ3v) is 6.44. The normalized spacial score (nSPS) is 17.2. The maximum atomic E-state index is 12.7. The average molecular weight is 453 g/mol. The molecule has 6 rings (SSSR count). The van der Waals surface area contributed by atoms with Gasteiger partial charge in [-0.3, -0.25) is 4.79 Å². The standard InChI is InChI=1S/C26H24N6O2/c1-27-23-20-22(32(2)14-29-20)21-26(31-23)34-25(30-21)17-10-6-7-15(11-17)13-28-24(33)19-12-18(19)16-8-4-3-5-9-16/h3-11,14,18-19H,12-13H2,1-2H3,(H,27,31)(H,28,33). The summed E-state index contributed by atoms with van der Waals surface area (Å²) in [5.41, 5.74) is 5.79. The SMILES string of the molecule is CNc1nc2oc(-c3cccc(CNC(=O)C4CC4c4ccccc4)c3)nc2c2c1ncn2C. The number of fused-ring (bicyclic) bond motifs is 3. The number of aryl methyl sites for hydroxylation is 1. The van der Waals surface area contributed by atoms with Gasteiger partial charge < -0.3 is 19.6 Å². The number of pyridine rings is 1. The molecule has 5 aromatic rings. The Kier molecular flexibility index (Phi) is 4.79. The minimum Gasteiger partial charge on any atom is -0.418 e. The summed E-state index contributed by atoms with van der Waals surface area (Å²) in [6.45, 7) is 0.457. The van der Waals surface area contributed by atoms with Crippen LogP contribution in [0, 0.1) is 5.92 Å². The van der Waals surface area contributed by atoms with Gasteiger partial charge in [0.25, 0.3) is 5.71 Å². The number of rotatable bonds is 6. The molecule has 2 N–H and O–H groups in total. The van der Waals surface area contributed by atoms with Gasteiger partial charge in [-0.15, -0.1) is 0 Å². The van der Waals surface area contributed by atoms with Gasteiger partial charge in [0.2, 0.25) is 11.8 Å². The van der Waals surface area contributed by atoms with Gasteiger partial charge in [0.05, 0.1) is 6.33 Å². The lowest BCUT2D eigenvalue weighted by molar-refractivity contribution is -0.122. The van der Waals surface area contributed by atoms with E-state index in [1.165, 1.54) is 5.56 Å². The zero-order chi connectivity index (χ0) is 23.2. The molecule has 8 nitrogen and oxygen atoms in total. The monoisotopic (exact) mass is 452 g/mol. The van der Waals surface area contributed by atoms with E-state index in [2.05, 4.69) is 32.7 Å². The number of carbonyl (C=O) groups is 1. The maximum absolute atomic E-state index is 12.7. The Balaban J connectivity index is 1.22. The van der Waals surface area contributed by atoms with Crippen molar-refractivity contribution in [1.82, 2.24) is 24.8 Å².